The Morgan fingerprint density at radius 1 is 1.42 bits per heavy atom. The Labute approximate surface area is 117 Å². The van der Waals surface area contributed by atoms with Crippen molar-refractivity contribution in [1.29, 1.82) is 0 Å². The highest BCUT2D eigenvalue weighted by Gasteiger charge is 2.30. The number of nitrogens with one attached hydrogen (secondary N) is 1. The minimum atomic E-state index is -0.200. The van der Waals surface area contributed by atoms with Crippen LogP contribution in [0.15, 0.2) is 18.2 Å². The summed E-state index contributed by atoms with van der Waals surface area (Å²) in [6.07, 6.45) is 2.32. The first-order valence-electron chi connectivity index (χ1n) is 6.49. The van der Waals surface area contributed by atoms with Gasteiger partial charge in [-0.25, -0.2) is 0 Å². The standard InChI is InChI=1S/C14H16ClNO3/c1-8-2-4-12(19-8)14(15)9-3-5-11-10(6-9)16-13(17)7-18-11/h3,5-6,8,12,14H,2,4,7H2,1H3,(H,16,17). The fraction of sp³-hybridized carbons (Fsp3) is 0.500. The number of benzene rings is 1. The molecule has 0 aliphatic carbocycles. The van der Waals surface area contributed by atoms with E-state index in [1.165, 1.54) is 0 Å². The highest BCUT2D eigenvalue weighted by Crippen LogP contribution is 2.38. The van der Waals surface area contributed by atoms with E-state index in [0.717, 1.165) is 18.4 Å². The number of hydrogen-bond donors (Lipinski definition) is 1. The lowest BCUT2D eigenvalue weighted by molar-refractivity contribution is -0.118. The van der Waals surface area contributed by atoms with E-state index < -0.39 is 0 Å². The van der Waals surface area contributed by atoms with Crippen molar-refractivity contribution in [3.63, 3.8) is 0 Å². The molecule has 3 rings (SSSR count). The normalized spacial score (nSPS) is 27.4. The van der Waals surface area contributed by atoms with E-state index in [1.54, 1.807) is 0 Å². The number of alkyl halides is 1. The number of rotatable bonds is 2. The number of fused-ring (bicyclic) bond motifs is 1. The first kappa shape index (κ1) is 12.8. The Balaban J connectivity index is 1.81. The van der Waals surface area contributed by atoms with Crippen LogP contribution in [0.1, 0.15) is 30.7 Å². The molecule has 4 nitrogen and oxygen atoms in total. The molecule has 0 aromatic heterocycles. The highest BCUT2D eigenvalue weighted by atomic mass is 35.5. The summed E-state index contributed by atoms with van der Waals surface area (Å²) < 4.78 is 11.1. The van der Waals surface area contributed by atoms with Crippen molar-refractivity contribution >= 4 is 23.2 Å². The molecule has 1 amide bonds. The van der Waals surface area contributed by atoms with Gasteiger partial charge in [-0.15, -0.1) is 11.6 Å². The summed E-state index contributed by atoms with van der Waals surface area (Å²) in [5.41, 5.74) is 1.63. The number of ether oxygens (including phenoxy) is 2. The molecule has 0 spiro atoms. The summed E-state index contributed by atoms with van der Waals surface area (Å²) in [4.78, 5) is 11.3. The third-order valence-corrected chi connectivity index (χ3v) is 4.08. The summed E-state index contributed by atoms with van der Waals surface area (Å²) >= 11 is 6.48. The molecule has 2 heterocycles. The second kappa shape index (κ2) is 5.02. The van der Waals surface area contributed by atoms with Crippen LogP contribution in [0.5, 0.6) is 5.75 Å². The van der Waals surface area contributed by atoms with Crippen molar-refractivity contribution in [3.05, 3.63) is 23.8 Å². The number of carbonyl (C=O) groups excluding carboxylic acids is 1. The van der Waals surface area contributed by atoms with E-state index in [-0.39, 0.29) is 30.1 Å². The van der Waals surface area contributed by atoms with E-state index in [2.05, 4.69) is 12.2 Å². The molecule has 0 radical (unpaired) electrons. The molecule has 2 aliphatic heterocycles. The number of halogens is 1. The van der Waals surface area contributed by atoms with Crippen LogP contribution in [0, 0.1) is 0 Å². The topological polar surface area (TPSA) is 47.6 Å². The molecule has 102 valence electrons. The second-order valence-corrected chi connectivity index (χ2v) is 5.53. The zero-order valence-electron chi connectivity index (χ0n) is 10.7. The molecule has 1 aromatic carbocycles. The molecule has 5 heteroatoms. The number of hydrogen-bond acceptors (Lipinski definition) is 3. The minimum absolute atomic E-state index is 0.0370. The summed E-state index contributed by atoms with van der Waals surface area (Å²) in [7, 11) is 0. The molecule has 3 atom stereocenters. The average Bonchev–Trinajstić information content (AvgIpc) is 2.83. The molecule has 1 aromatic rings. The molecule has 0 bridgehead atoms. The van der Waals surface area contributed by atoms with Crippen LogP contribution in [-0.4, -0.2) is 24.7 Å². The Morgan fingerprint density at radius 2 is 2.26 bits per heavy atom. The van der Waals surface area contributed by atoms with Gasteiger partial charge >= 0.3 is 0 Å². The van der Waals surface area contributed by atoms with E-state index in [4.69, 9.17) is 21.1 Å². The summed E-state index contributed by atoms with van der Waals surface area (Å²) in [5, 5.41) is 2.59. The summed E-state index contributed by atoms with van der Waals surface area (Å²) in [5.74, 6) is 0.550. The second-order valence-electron chi connectivity index (χ2n) is 5.06. The maximum atomic E-state index is 11.3. The lowest BCUT2D eigenvalue weighted by Crippen LogP contribution is -2.25. The van der Waals surface area contributed by atoms with Gasteiger partial charge < -0.3 is 14.8 Å². The van der Waals surface area contributed by atoms with Crippen molar-refractivity contribution < 1.29 is 14.3 Å². The Morgan fingerprint density at radius 3 is 3.00 bits per heavy atom. The van der Waals surface area contributed by atoms with Crippen LogP contribution in [-0.2, 0) is 9.53 Å². The number of amides is 1. The fourth-order valence-electron chi connectivity index (χ4n) is 2.54. The summed E-state index contributed by atoms with van der Waals surface area (Å²) in [6.45, 7) is 2.13. The van der Waals surface area contributed by atoms with E-state index >= 15 is 0 Å². The van der Waals surface area contributed by atoms with Gasteiger partial charge in [0.1, 0.15) is 5.75 Å². The van der Waals surface area contributed by atoms with E-state index in [0.29, 0.717) is 11.4 Å². The molecule has 19 heavy (non-hydrogen) atoms. The summed E-state index contributed by atoms with van der Waals surface area (Å²) in [6, 6.07) is 5.65. The van der Waals surface area contributed by atoms with Gasteiger partial charge in [-0.3, -0.25) is 4.79 Å². The molecular formula is C14H16ClNO3. The molecule has 1 fully saturated rings. The van der Waals surface area contributed by atoms with Gasteiger partial charge in [0, 0.05) is 0 Å². The lowest BCUT2D eigenvalue weighted by atomic mass is 10.0. The first-order chi connectivity index (χ1) is 9.13. The predicted molar refractivity (Wildman–Crippen MR) is 72.7 cm³/mol. The number of anilines is 1. The Kier molecular flexibility index (Phi) is 3.37. The number of carbonyl (C=O) groups is 1. The maximum absolute atomic E-state index is 11.3. The van der Waals surface area contributed by atoms with E-state index in [1.807, 2.05) is 18.2 Å². The van der Waals surface area contributed by atoms with Gasteiger partial charge in [0.15, 0.2) is 6.61 Å². The van der Waals surface area contributed by atoms with Crippen LogP contribution in [0.2, 0.25) is 0 Å². The van der Waals surface area contributed by atoms with Crippen molar-refractivity contribution in [2.24, 2.45) is 0 Å². The van der Waals surface area contributed by atoms with Crippen LogP contribution in [0.4, 0.5) is 5.69 Å². The van der Waals surface area contributed by atoms with Gasteiger partial charge in [-0.05, 0) is 37.5 Å². The molecule has 1 N–H and O–H groups in total. The van der Waals surface area contributed by atoms with Gasteiger partial charge in [-0.1, -0.05) is 6.07 Å². The quantitative estimate of drug-likeness (QED) is 0.848. The molecule has 3 unspecified atom stereocenters. The van der Waals surface area contributed by atoms with E-state index in [9.17, 15) is 4.79 Å². The predicted octanol–water partition coefficient (Wildman–Crippen LogP) is 2.86. The van der Waals surface area contributed by atoms with Crippen molar-refractivity contribution in [1.82, 2.24) is 0 Å². The maximum Gasteiger partial charge on any atom is 0.262 e. The Bertz CT molecular complexity index is 505. The largest absolute Gasteiger partial charge is 0.482 e. The molecule has 2 aliphatic rings. The minimum Gasteiger partial charge on any atom is -0.482 e. The van der Waals surface area contributed by atoms with Crippen LogP contribution < -0.4 is 10.1 Å². The fourth-order valence-corrected chi connectivity index (χ4v) is 2.86. The first-order valence-corrected chi connectivity index (χ1v) is 6.93. The third-order valence-electron chi connectivity index (χ3n) is 3.55. The monoisotopic (exact) mass is 281 g/mol. The molecular weight excluding hydrogens is 266 g/mol. The zero-order valence-corrected chi connectivity index (χ0v) is 11.4. The van der Waals surface area contributed by atoms with Gasteiger partial charge in [-0.2, -0.15) is 0 Å². The van der Waals surface area contributed by atoms with Gasteiger partial charge in [0.05, 0.1) is 23.3 Å². The third kappa shape index (κ3) is 2.55. The highest BCUT2D eigenvalue weighted by molar-refractivity contribution is 6.21. The van der Waals surface area contributed by atoms with Crippen LogP contribution in [0.3, 0.4) is 0 Å². The van der Waals surface area contributed by atoms with Gasteiger partial charge in [0.25, 0.3) is 5.91 Å². The van der Waals surface area contributed by atoms with Crippen LogP contribution in [0.25, 0.3) is 0 Å². The zero-order chi connectivity index (χ0) is 13.4. The van der Waals surface area contributed by atoms with Crippen LogP contribution >= 0.6 is 11.6 Å². The smallest absolute Gasteiger partial charge is 0.262 e. The van der Waals surface area contributed by atoms with Crippen molar-refractivity contribution in [2.75, 3.05) is 11.9 Å². The average molecular weight is 282 g/mol. The SMILES string of the molecule is CC1CCC(C(Cl)c2ccc3c(c2)NC(=O)CO3)O1. The Hall–Kier alpha value is -1.26. The lowest BCUT2D eigenvalue weighted by Gasteiger charge is -2.22. The van der Waals surface area contributed by atoms with Crippen molar-refractivity contribution in [3.8, 4) is 5.75 Å². The van der Waals surface area contributed by atoms with Gasteiger partial charge in [0.2, 0.25) is 0 Å². The molecule has 0 saturated carbocycles. The van der Waals surface area contributed by atoms with Crippen molar-refractivity contribution in [2.45, 2.75) is 37.4 Å². The molecule has 1 saturated heterocycles.